The van der Waals surface area contributed by atoms with E-state index in [2.05, 4.69) is 9.98 Å². The Kier molecular flexibility index (Phi) is 4.28. The number of aliphatic imine (C=N–C) groups is 2. The van der Waals surface area contributed by atoms with Crippen molar-refractivity contribution in [1.82, 2.24) is 0 Å². The number of nitrogens with zero attached hydrogens (tertiary/aromatic N) is 2. The lowest BCUT2D eigenvalue weighted by atomic mass is 10.1. The summed E-state index contributed by atoms with van der Waals surface area (Å²) in [6.07, 6.45) is 0. The summed E-state index contributed by atoms with van der Waals surface area (Å²) in [5.74, 6) is -0.214. The smallest absolute Gasteiger partial charge is 0.219 e. The monoisotopic (exact) mass is 221 g/mol. The van der Waals surface area contributed by atoms with Crippen LogP contribution in [0.3, 0.4) is 0 Å². The number of nitrogens with two attached hydrogens (primary N) is 3. The minimum atomic E-state index is -0.454. The summed E-state index contributed by atoms with van der Waals surface area (Å²) >= 11 is 0. The number of aliphatic hydroxyl groups excluding tert-OH is 1. The van der Waals surface area contributed by atoms with Crippen LogP contribution in [0.25, 0.3) is 0 Å². The summed E-state index contributed by atoms with van der Waals surface area (Å²) in [4.78, 5) is 7.58. The minimum Gasteiger partial charge on any atom is -0.394 e. The van der Waals surface area contributed by atoms with Gasteiger partial charge in [0.05, 0.1) is 6.61 Å². The Morgan fingerprint density at radius 2 is 1.81 bits per heavy atom. The second kappa shape index (κ2) is 5.72. The molecule has 86 valence electrons. The fourth-order valence-corrected chi connectivity index (χ4v) is 1.22. The molecule has 1 atom stereocenters. The van der Waals surface area contributed by atoms with Crippen LogP contribution < -0.4 is 17.2 Å². The molecular weight excluding hydrogens is 206 g/mol. The van der Waals surface area contributed by atoms with Gasteiger partial charge in [-0.3, -0.25) is 0 Å². The van der Waals surface area contributed by atoms with E-state index in [-0.39, 0.29) is 18.5 Å². The largest absolute Gasteiger partial charge is 0.394 e. The Morgan fingerprint density at radius 1 is 1.19 bits per heavy atom. The van der Waals surface area contributed by atoms with Crippen molar-refractivity contribution in [3.63, 3.8) is 0 Å². The molecule has 0 aliphatic rings. The highest BCUT2D eigenvalue weighted by Crippen LogP contribution is 2.15. The van der Waals surface area contributed by atoms with E-state index in [0.717, 1.165) is 5.56 Å². The van der Waals surface area contributed by atoms with E-state index in [1.54, 1.807) is 0 Å². The van der Waals surface area contributed by atoms with Gasteiger partial charge < -0.3 is 22.3 Å². The van der Waals surface area contributed by atoms with Crippen molar-refractivity contribution < 1.29 is 5.11 Å². The number of benzene rings is 1. The molecule has 0 spiro atoms. The van der Waals surface area contributed by atoms with Gasteiger partial charge in [-0.1, -0.05) is 30.3 Å². The predicted octanol–water partition coefficient (Wildman–Crippen LogP) is -0.692. The van der Waals surface area contributed by atoms with E-state index >= 15 is 0 Å². The first-order valence-corrected chi connectivity index (χ1v) is 4.72. The SMILES string of the molecule is NC(N)=NC(N)=NC(CO)c1ccccc1. The fraction of sp³-hybridized carbons (Fsp3) is 0.200. The molecule has 1 unspecified atom stereocenters. The van der Waals surface area contributed by atoms with Crippen LogP contribution in [0.15, 0.2) is 40.3 Å². The van der Waals surface area contributed by atoms with E-state index in [4.69, 9.17) is 17.2 Å². The van der Waals surface area contributed by atoms with Gasteiger partial charge in [0.15, 0.2) is 5.96 Å². The Balaban J connectivity index is 2.89. The number of rotatable bonds is 3. The van der Waals surface area contributed by atoms with Crippen molar-refractivity contribution in [3.8, 4) is 0 Å². The predicted molar refractivity (Wildman–Crippen MR) is 63.7 cm³/mol. The van der Waals surface area contributed by atoms with Gasteiger partial charge in [0.25, 0.3) is 0 Å². The van der Waals surface area contributed by atoms with E-state index in [1.807, 2.05) is 30.3 Å². The summed E-state index contributed by atoms with van der Waals surface area (Å²) in [7, 11) is 0. The van der Waals surface area contributed by atoms with Gasteiger partial charge in [0.2, 0.25) is 5.96 Å². The van der Waals surface area contributed by atoms with Crippen molar-refractivity contribution in [2.24, 2.45) is 27.2 Å². The quantitative estimate of drug-likeness (QED) is 0.398. The van der Waals surface area contributed by atoms with E-state index in [9.17, 15) is 5.11 Å². The van der Waals surface area contributed by atoms with Gasteiger partial charge >= 0.3 is 0 Å². The molecule has 0 radical (unpaired) electrons. The highest BCUT2D eigenvalue weighted by molar-refractivity contribution is 5.92. The molecule has 6 heteroatoms. The molecule has 1 aromatic carbocycles. The van der Waals surface area contributed by atoms with Crippen molar-refractivity contribution in [2.75, 3.05) is 6.61 Å². The van der Waals surface area contributed by atoms with Crippen LogP contribution in [-0.2, 0) is 0 Å². The summed E-state index contributed by atoms with van der Waals surface area (Å²) in [5, 5.41) is 9.19. The van der Waals surface area contributed by atoms with Gasteiger partial charge in [0.1, 0.15) is 6.04 Å². The first kappa shape index (κ1) is 12.0. The molecule has 6 nitrogen and oxygen atoms in total. The van der Waals surface area contributed by atoms with Gasteiger partial charge in [-0.25, -0.2) is 4.99 Å². The van der Waals surface area contributed by atoms with E-state index in [1.165, 1.54) is 0 Å². The van der Waals surface area contributed by atoms with Crippen LogP contribution in [0, 0.1) is 0 Å². The minimum absolute atomic E-state index is 0.0529. The third kappa shape index (κ3) is 3.58. The highest BCUT2D eigenvalue weighted by Gasteiger charge is 2.08. The Morgan fingerprint density at radius 3 is 2.31 bits per heavy atom. The molecule has 0 saturated heterocycles. The standard InChI is InChI=1S/C10H15N5O/c11-9(12)15-10(13)14-8(6-16)7-4-2-1-3-5-7/h1-5,8,16H,6H2,(H6,11,12,13,14,15). The van der Waals surface area contributed by atoms with Crippen molar-refractivity contribution in [2.45, 2.75) is 6.04 Å². The van der Waals surface area contributed by atoms with Gasteiger partial charge in [-0.15, -0.1) is 0 Å². The van der Waals surface area contributed by atoms with Crippen LogP contribution in [0.5, 0.6) is 0 Å². The van der Waals surface area contributed by atoms with Gasteiger partial charge in [-0.05, 0) is 5.56 Å². The Hall–Kier alpha value is -2.08. The average Bonchev–Trinajstić information content (AvgIpc) is 2.26. The molecule has 0 saturated carbocycles. The molecule has 0 aliphatic carbocycles. The fourth-order valence-electron chi connectivity index (χ4n) is 1.22. The third-order valence-electron chi connectivity index (χ3n) is 1.89. The summed E-state index contributed by atoms with van der Waals surface area (Å²) in [6.45, 7) is -0.162. The number of hydrogen-bond acceptors (Lipinski definition) is 2. The lowest BCUT2D eigenvalue weighted by Gasteiger charge is -2.09. The maximum atomic E-state index is 9.19. The van der Waals surface area contributed by atoms with Crippen LogP contribution in [-0.4, -0.2) is 23.6 Å². The second-order valence-corrected chi connectivity index (χ2v) is 3.13. The molecule has 1 rings (SSSR count). The van der Waals surface area contributed by atoms with Gasteiger partial charge in [0, 0.05) is 0 Å². The van der Waals surface area contributed by atoms with Crippen LogP contribution in [0.4, 0.5) is 0 Å². The Labute approximate surface area is 93.5 Å². The zero-order valence-corrected chi connectivity index (χ0v) is 8.74. The number of guanidine groups is 2. The van der Waals surface area contributed by atoms with E-state index in [0.29, 0.717) is 0 Å². The molecule has 1 aromatic rings. The molecule has 0 amide bonds. The number of aliphatic hydroxyl groups is 1. The molecule has 16 heavy (non-hydrogen) atoms. The zero-order chi connectivity index (χ0) is 12.0. The van der Waals surface area contributed by atoms with Crippen molar-refractivity contribution in [1.29, 1.82) is 0 Å². The topological polar surface area (TPSA) is 123 Å². The normalized spacial score (nSPS) is 13.2. The first-order valence-electron chi connectivity index (χ1n) is 4.72. The molecule has 0 fully saturated rings. The second-order valence-electron chi connectivity index (χ2n) is 3.13. The van der Waals surface area contributed by atoms with Crippen LogP contribution >= 0.6 is 0 Å². The molecule has 0 aliphatic heterocycles. The van der Waals surface area contributed by atoms with Gasteiger partial charge in [-0.2, -0.15) is 4.99 Å². The van der Waals surface area contributed by atoms with Crippen LogP contribution in [0.2, 0.25) is 0 Å². The highest BCUT2D eigenvalue weighted by atomic mass is 16.3. The molecule has 7 N–H and O–H groups in total. The maximum Gasteiger partial charge on any atom is 0.219 e. The maximum absolute atomic E-state index is 9.19. The summed E-state index contributed by atoms with van der Waals surface area (Å²) in [6, 6.07) is 8.81. The average molecular weight is 221 g/mol. The zero-order valence-electron chi connectivity index (χ0n) is 8.74. The lowest BCUT2D eigenvalue weighted by Crippen LogP contribution is -2.26. The molecule has 0 aromatic heterocycles. The number of hydrogen-bond donors (Lipinski definition) is 4. The molecule has 0 heterocycles. The third-order valence-corrected chi connectivity index (χ3v) is 1.89. The lowest BCUT2D eigenvalue weighted by molar-refractivity contribution is 0.269. The summed E-state index contributed by atoms with van der Waals surface area (Å²) < 4.78 is 0. The summed E-state index contributed by atoms with van der Waals surface area (Å²) in [5.41, 5.74) is 16.6. The van der Waals surface area contributed by atoms with Crippen molar-refractivity contribution in [3.05, 3.63) is 35.9 Å². The molecule has 0 bridgehead atoms. The van der Waals surface area contributed by atoms with E-state index < -0.39 is 6.04 Å². The van der Waals surface area contributed by atoms with Crippen molar-refractivity contribution >= 4 is 11.9 Å². The van der Waals surface area contributed by atoms with Crippen LogP contribution in [0.1, 0.15) is 11.6 Å². The first-order chi connectivity index (χ1) is 7.63. The Bertz CT molecular complexity index is 383. The molecular formula is C10H15N5O.